The van der Waals surface area contributed by atoms with Crippen LogP contribution < -0.4 is 15.8 Å². The normalized spacial score (nSPS) is 14.9. The fourth-order valence-corrected chi connectivity index (χ4v) is 6.68. The van der Waals surface area contributed by atoms with Crippen LogP contribution >= 0.6 is 11.3 Å². The summed E-state index contributed by atoms with van der Waals surface area (Å²) in [4.78, 5) is 9.56. The number of hydrogen-bond acceptors (Lipinski definition) is 9. The van der Waals surface area contributed by atoms with Crippen LogP contribution in [0.4, 0.5) is 11.6 Å². The zero-order valence-electron chi connectivity index (χ0n) is 20.4. The molecule has 0 bridgehead atoms. The van der Waals surface area contributed by atoms with Gasteiger partial charge in [-0.05, 0) is 85.7 Å². The molecule has 0 spiro atoms. The summed E-state index contributed by atoms with van der Waals surface area (Å²) < 4.78 is 34.6. The number of nitrogens with zero attached hydrogens (tertiary/aromatic N) is 4. The van der Waals surface area contributed by atoms with Crippen molar-refractivity contribution in [2.75, 3.05) is 24.1 Å². The van der Waals surface area contributed by atoms with Gasteiger partial charge in [0.2, 0.25) is 21.9 Å². The summed E-state index contributed by atoms with van der Waals surface area (Å²) in [5.74, 6) is 1.55. The quantitative estimate of drug-likeness (QED) is 0.336. The number of nitrogens with one attached hydrogen (secondary N) is 1. The maximum Gasteiger partial charge on any atom is 0.243 e. The van der Waals surface area contributed by atoms with Crippen molar-refractivity contribution >= 4 is 43.2 Å². The lowest BCUT2D eigenvalue weighted by molar-refractivity contribution is 0.329. The Labute approximate surface area is 219 Å². The molecule has 1 aliphatic heterocycles. The Morgan fingerprint density at radius 1 is 1.11 bits per heavy atom. The minimum Gasteiger partial charge on any atom is -0.437 e. The molecule has 37 heavy (non-hydrogen) atoms. The molecule has 190 valence electrons. The van der Waals surface area contributed by atoms with Gasteiger partial charge >= 0.3 is 0 Å². The van der Waals surface area contributed by atoms with E-state index in [-0.39, 0.29) is 10.9 Å². The van der Waals surface area contributed by atoms with Gasteiger partial charge < -0.3 is 15.8 Å². The highest BCUT2D eigenvalue weighted by atomic mass is 32.2. The molecule has 0 aliphatic carbocycles. The van der Waals surface area contributed by atoms with Gasteiger partial charge in [0.05, 0.1) is 22.0 Å². The van der Waals surface area contributed by atoms with E-state index >= 15 is 0 Å². The van der Waals surface area contributed by atoms with Crippen LogP contribution in [0.25, 0.3) is 10.2 Å². The van der Waals surface area contributed by atoms with E-state index in [2.05, 4.69) is 21.4 Å². The van der Waals surface area contributed by atoms with Crippen LogP contribution in [0.1, 0.15) is 29.5 Å². The number of hydrogen-bond donors (Lipinski definition) is 2. The molecule has 1 fully saturated rings. The molecule has 5 rings (SSSR count). The summed E-state index contributed by atoms with van der Waals surface area (Å²) in [5.41, 5.74) is 9.28. The van der Waals surface area contributed by atoms with Crippen LogP contribution in [0.3, 0.4) is 0 Å². The highest BCUT2D eigenvalue weighted by Gasteiger charge is 2.30. The first-order valence-corrected chi connectivity index (χ1v) is 14.1. The molecule has 9 nitrogen and oxygen atoms in total. The molecule has 0 unspecified atom stereocenters. The van der Waals surface area contributed by atoms with Crippen molar-refractivity contribution in [3.8, 4) is 17.7 Å². The van der Waals surface area contributed by atoms with E-state index in [1.54, 1.807) is 24.3 Å². The van der Waals surface area contributed by atoms with E-state index in [0.717, 1.165) is 21.3 Å². The third kappa shape index (κ3) is 5.09. The molecule has 0 amide bonds. The predicted octanol–water partition coefficient (Wildman–Crippen LogP) is 4.82. The Kier molecular flexibility index (Phi) is 6.72. The molecule has 11 heteroatoms. The van der Waals surface area contributed by atoms with Gasteiger partial charge in [-0.3, -0.25) is 0 Å². The van der Waals surface area contributed by atoms with Crippen LogP contribution in [0.2, 0.25) is 0 Å². The summed E-state index contributed by atoms with van der Waals surface area (Å²) >= 11 is 1.50. The minimum absolute atomic E-state index is 0.0141. The van der Waals surface area contributed by atoms with Crippen LogP contribution in [0.15, 0.2) is 52.7 Å². The van der Waals surface area contributed by atoms with Gasteiger partial charge in [-0.15, -0.1) is 11.3 Å². The smallest absolute Gasteiger partial charge is 0.243 e. The van der Waals surface area contributed by atoms with E-state index in [0.29, 0.717) is 54.8 Å². The number of rotatable bonds is 6. The fourth-order valence-electron chi connectivity index (χ4n) is 4.45. The SMILES string of the molecule is Cc1cc(C#N)cc(C)c1Oc1nc(NC2CCN(S(=O)(=O)c3ccc(N)cc3)CC2)nc2ccsc12. The lowest BCUT2D eigenvalue weighted by Crippen LogP contribution is -2.42. The molecule has 2 aromatic heterocycles. The van der Waals surface area contributed by atoms with E-state index in [4.69, 9.17) is 10.5 Å². The third-order valence-electron chi connectivity index (χ3n) is 6.37. The van der Waals surface area contributed by atoms with Crippen molar-refractivity contribution in [1.29, 1.82) is 5.26 Å². The number of nitrogens with two attached hydrogens (primary N) is 1. The second kappa shape index (κ2) is 9.97. The number of thiophene rings is 1. The topological polar surface area (TPSA) is 134 Å². The lowest BCUT2D eigenvalue weighted by atomic mass is 10.1. The summed E-state index contributed by atoms with van der Waals surface area (Å²) in [6.07, 6.45) is 1.23. The number of benzene rings is 2. The zero-order chi connectivity index (χ0) is 26.2. The Morgan fingerprint density at radius 2 is 1.78 bits per heavy atom. The van der Waals surface area contributed by atoms with Gasteiger partial charge in [-0.1, -0.05) is 0 Å². The van der Waals surface area contributed by atoms with Crippen molar-refractivity contribution < 1.29 is 13.2 Å². The van der Waals surface area contributed by atoms with Crippen LogP contribution in [-0.4, -0.2) is 41.8 Å². The Balaban J connectivity index is 1.32. The maximum atomic E-state index is 13.0. The summed E-state index contributed by atoms with van der Waals surface area (Å²) in [5, 5.41) is 14.6. The van der Waals surface area contributed by atoms with Gasteiger partial charge in [-0.2, -0.15) is 14.6 Å². The first-order valence-electron chi connectivity index (χ1n) is 11.8. The fraction of sp³-hybridized carbons (Fsp3) is 0.269. The molecule has 0 radical (unpaired) electrons. The second-order valence-corrected chi connectivity index (χ2v) is 11.9. The van der Waals surface area contributed by atoms with Crippen LogP contribution in [0.5, 0.6) is 11.6 Å². The average molecular weight is 535 g/mol. The molecule has 4 aromatic rings. The molecule has 2 aromatic carbocycles. The number of sulfonamides is 1. The van der Waals surface area contributed by atoms with Gasteiger partial charge in [0.15, 0.2) is 0 Å². The number of ether oxygens (including phenoxy) is 1. The van der Waals surface area contributed by atoms with Gasteiger partial charge in [0.25, 0.3) is 0 Å². The molecule has 0 atom stereocenters. The number of anilines is 2. The van der Waals surface area contributed by atoms with E-state index in [1.807, 2.05) is 25.3 Å². The number of piperidine rings is 1. The standard InChI is InChI=1S/C26H26N6O3S2/c1-16-13-18(15-27)14-17(2)23(16)35-25-24-22(9-12-36-24)30-26(31-25)29-20-7-10-32(11-8-20)37(33,34)21-5-3-19(28)4-6-21/h3-6,9,12-14,20H,7-8,10-11,28H2,1-2H3,(H,29,30,31). The zero-order valence-corrected chi connectivity index (χ0v) is 22.1. The largest absolute Gasteiger partial charge is 0.437 e. The lowest BCUT2D eigenvalue weighted by Gasteiger charge is -2.31. The average Bonchev–Trinajstić information content (AvgIpc) is 3.35. The highest BCUT2D eigenvalue weighted by Crippen LogP contribution is 2.36. The van der Waals surface area contributed by atoms with Crippen molar-refractivity contribution in [2.24, 2.45) is 0 Å². The number of fused-ring (bicyclic) bond motifs is 1. The Morgan fingerprint density at radius 3 is 2.43 bits per heavy atom. The number of aryl methyl sites for hydroxylation is 2. The molecule has 3 N–H and O–H groups in total. The summed E-state index contributed by atoms with van der Waals surface area (Å²) in [7, 11) is -3.57. The molecule has 1 aliphatic rings. The van der Waals surface area contributed by atoms with Crippen molar-refractivity contribution in [3.05, 3.63) is 64.5 Å². The summed E-state index contributed by atoms with van der Waals surface area (Å²) in [6.45, 7) is 4.58. The third-order valence-corrected chi connectivity index (χ3v) is 9.17. The van der Waals surface area contributed by atoms with Crippen molar-refractivity contribution in [3.63, 3.8) is 0 Å². The van der Waals surface area contributed by atoms with Crippen molar-refractivity contribution in [2.45, 2.75) is 37.6 Å². The van der Waals surface area contributed by atoms with E-state index < -0.39 is 10.0 Å². The Bertz CT molecular complexity index is 1580. The first-order chi connectivity index (χ1) is 17.7. The molecular formula is C26H26N6O3S2. The van der Waals surface area contributed by atoms with Gasteiger partial charge in [-0.25, -0.2) is 13.4 Å². The monoisotopic (exact) mass is 534 g/mol. The molecule has 0 saturated carbocycles. The van der Waals surface area contributed by atoms with Crippen molar-refractivity contribution in [1.82, 2.24) is 14.3 Å². The summed E-state index contributed by atoms with van der Waals surface area (Å²) in [6, 6.07) is 14.0. The van der Waals surface area contributed by atoms with Gasteiger partial charge in [0.1, 0.15) is 10.4 Å². The molecule has 3 heterocycles. The second-order valence-electron chi connectivity index (χ2n) is 9.03. The number of nitriles is 1. The first kappa shape index (κ1) is 25.0. The number of aromatic nitrogens is 2. The Hall–Kier alpha value is -3.72. The highest BCUT2D eigenvalue weighted by molar-refractivity contribution is 7.89. The van der Waals surface area contributed by atoms with E-state index in [9.17, 15) is 13.7 Å². The van der Waals surface area contributed by atoms with E-state index in [1.165, 1.54) is 27.8 Å². The molecule has 1 saturated heterocycles. The van der Waals surface area contributed by atoms with Gasteiger partial charge in [0, 0.05) is 24.8 Å². The molecular weight excluding hydrogens is 508 g/mol. The van der Waals surface area contributed by atoms with Crippen LogP contribution in [-0.2, 0) is 10.0 Å². The predicted molar refractivity (Wildman–Crippen MR) is 144 cm³/mol. The number of nitrogen functional groups attached to an aromatic ring is 1. The van der Waals surface area contributed by atoms with Crippen LogP contribution in [0, 0.1) is 25.2 Å². The maximum absolute atomic E-state index is 13.0. The minimum atomic E-state index is -3.57.